The Morgan fingerprint density at radius 1 is 1.22 bits per heavy atom. The zero-order valence-electron chi connectivity index (χ0n) is 12.4. The second-order valence-electron chi connectivity index (χ2n) is 5.13. The minimum absolute atomic E-state index is 0.0559. The molecule has 2 aromatic carbocycles. The molecule has 0 unspecified atom stereocenters. The summed E-state index contributed by atoms with van der Waals surface area (Å²) in [5.41, 5.74) is 1.16. The molecule has 0 atom stereocenters. The lowest BCUT2D eigenvalue weighted by Crippen LogP contribution is -2.34. The second kappa shape index (κ2) is 6.34. The fourth-order valence-electron chi connectivity index (χ4n) is 2.29. The Balaban J connectivity index is 1.91. The van der Waals surface area contributed by atoms with Crippen molar-refractivity contribution >= 4 is 38.4 Å². The highest BCUT2D eigenvalue weighted by atomic mass is 79.9. The van der Waals surface area contributed by atoms with E-state index < -0.39 is 0 Å². The Morgan fingerprint density at radius 3 is 2.70 bits per heavy atom. The number of rotatable bonds is 3. The molecule has 6 heteroatoms. The summed E-state index contributed by atoms with van der Waals surface area (Å²) < 4.78 is 2.13. The smallest absolute Gasteiger partial charge is 0.261 e. The SMILES string of the molecule is CN(C(=O)Cn1cnc2ccc(Br)cc2c1=O)c1ccccc1. The van der Waals surface area contributed by atoms with Crippen molar-refractivity contribution < 1.29 is 4.79 Å². The summed E-state index contributed by atoms with van der Waals surface area (Å²) in [6.45, 7) is -0.0559. The standard InChI is InChI=1S/C17H14BrN3O2/c1-20(13-5-3-2-4-6-13)16(22)10-21-11-19-15-8-7-12(18)9-14(15)17(21)23/h2-9,11H,10H2,1H3. The van der Waals surface area contributed by atoms with E-state index in [9.17, 15) is 9.59 Å². The summed E-state index contributed by atoms with van der Waals surface area (Å²) in [6.07, 6.45) is 1.41. The van der Waals surface area contributed by atoms with Crippen LogP contribution in [-0.4, -0.2) is 22.5 Å². The van der Waals surface area contributed by atoms with Crippen LogP contribution < -0.4 is 10.5 Å². The first kappa shape index (κ1) is 15.4. The van der Waals surface area contributed by atoms with Crippen LogP contribution in [0.4, 0.5) is 5.69 Å². The van der Waals surface area contributed by atoms with E-state index in [4.69, 9.17) is 0 Å². The largest absolute Gasteiger partial charge is 0.314 e. The van der Waals surface area contributed by atoms with Crippen molar-refractivity contribution in [3.8, 4) is 0 Å². The van der Waals surface area contributed by atoms with Crippen molar-refractivity contribution in [3.05, 3.63) is 69.7 Å². The van der Waals surface area contributed by atoms with Crippen molar-refractivity contribution in [1.82, 2.24) is 9.55 Å². The third kappa shape index (κ3) is 3.17. The van der Waals surface area contributed by atoms with Gasteiger partial charge in [0.05, 0.1) is 17.2 Å². The number of halogens is 1. The van der Waals surface area contributed by atoms with Crippen LogP contribution in [0.15, 0.2) is 64.1 Å². The van der Waals surface area contributed by atoms with E-state index in [1.165, 1.54) is 15.8 Å². The molecule has 0 aliphatic carbocycles. The van der Waals surface area contributed by atoms with Gasteiger partial charge in [0.15, 0.2) is 0 Å². The van der Waals surface area contributed by atoms with Gasteiger partial charge in [0.25, 0.3) is 5.56 Å². The highest BCUT2D eigenvalue weighted by Crippen LogP contribution is 2.15. The fourth-order valence-corrected chi connectivity index (χ4v) is 2.65. The Bertz CT molecular complexity index is 922. The van der Waals surface area contributed by atoms with Gasteiger partial charge in [-0.25, -0.2) is 4.98 Å². The number of likely N-dealkylation sites (N-methyl/N-ethyl adjacent to an activating group) is 1. The molecule has 1 heterocycles. The number of nitrogens with zero attached hydrogens (tertiary/aromatic N) is 3. The van der Waals surface area contributed by atoms with Gasteiger partial charge in [-0.3, -0.25) is 14.2 Å². The number of anilines is 1. The van der Waals surface area contributed by atoms with E-state index in [2.05, 4.69) is 20.9 Å². The van der Waals surface area contributed by atoms with Crippen LogP contribution in [0.3, 0.4) is 0 Å². The third-order valence-electron chi connectivity index (χ3n) is 3.61. The number of carbonyl (C=O) groups is 1. The van der Waals surface area contributed by atoms with E-state index in [1.807, 2.05) is 36.4 Å². The molecule has 0 aliphatic rings. The molecule has 1 amide bonds. The first-order valence-electron chi connectivity index (χ1n) is 7.02. The van der Waals surface area contributed by atoms with Gasteiger partial charge >= 0.3 is 0 Å². The molecule has 3 rings (SSSR count). The molecule has 116 valence electrons. The quantitative estimate of drug-likeness (QED) is 0.711. The van der Waals surface area contributed by atoms with Gasteiger partial charge in [-0.2, -0.15) is 0 Å². The average molecular weight is 372 g/mol. The van der Waals surface area contributed by atoms with Gasteiger partial charge in [0.2, 0.25) is 5.91 Å². The van der Waals surface area contributed by atoms with E-state index in [-0.39, 0.29) is 18.0 Å². The Kier molecular flexibility index (Phi) is 4.25. The van der Waals surface area contributed by atoms with Crippen LogP contribution >= 0.6 is 15.9 Å². The molecule has 0 N–H and O–H groups in total. The lowest BCUT2D eigenvalue weighted by Gasteiger charge is -2.17. The predicted molar refractivity (Wildman–Crippen MR) is 93.6 cm³/mol. The minimum atomic E-state index is -0.230. The van der Waals surface area contributed by atoms with E-state index in [1.54, 1.807) is 19.2 Å². The van der Waals surface area contributed by atoms with Crippen LogP contribution in [0.25, 0.3) is 10.9 Å². The van der Waals surface area contributed by atoms with Gasteiger partial charge in [-0.15, -0.1) is 0 Å². The highest BCUT2D eigenvalue weighted by molar-refractivity contribution is 9.10. The monoisotopic (exact) mass is 371 g/mol. The Labute approximate surface area is 141 Å². The summed E-state index contributed by atoms with van der Waals surface area (Å²) in [7, 11) is 1.69. The first-order valence-corrected chi connectivity index (χ1v) is 7.82. The maximum atomic E-state index is 12.5. The van der Waals surface area contributed by atoms with E-state index in [0.717, 1.165) is 10.2 Å². The minimum Gasteiger partial charge on any atom is -0.314 e. The third-order valence-corrected chi connectivity index (χ3v) is 4.10. The highest BCUT2D eigenvalue weighted by Gasteiger charge is 2.13. The summed E-state index contributed by atoms with van der Waals surface area (Å²) >= 11 is 3.34. The maximum absolute atomic E-state index is 12.5. The molecule has 0 spiro atoms. The molecule has 23 heavy (non-hydrogen) atoms. The maximum Gasteiger partial charge on any atom is 0.261 e. The molecule has 1 aromatic heterocycles. The molecule has 0 saturated heterocycles. The van der Waals surface area contributed by atoms with E-state index in [0.29, 0.717) is 10.9 Å². The van der Waals surface area contributed by atoms with E-state index >= 15 is 0 Å². The van der Waals surface area contributed by atoms with Crippen LogP contribution in [0.2, 0.25) is 0 Å². The van der Waals surface area contributed by atoms with Crippen molar-refractivity contribution in [2.45, 2.75) is 6.54 Å². The van der Waals surface area contributed by atoms with Crippen LogP contribution in [0.5, 0.6) is 0 Å². The lowest BCUT2D eigenvalue weighted by atomic mass is 10.2. The number of aromatic nitrogens is 2. The number of amides is 1. The zero-order chi connectivity index (χ0) is 16.4. The van der Waals surface area contributed by atoms with Crippen LogP contribution in [0.1, 0.15) is 0 Å². The summed E-state index contributed by atoms with van der Waals surface area (Å²) in [5, 5.41) is 0.483. The molecular formula is C17H14BrN3O2. The molecule has 0 saturated carbocycles. The average Bonchev–Trinajstić information content (AvgIpc) is 2.58. The van der Waals surface area contributed by atoms with Crippen molar-refractivity contribution in [3.63, 3.8) is 0 Å². The first-order chi connectivity index (χ1) is 11.1. The van der Waals surface area contributed by atoms with Crippen molar-refractivity contribution in [2.24, 2.45) is 0 Å². The normalized spacial score (nSPS) is 10.7. The van der Waals surface area contributed by atoms with Crippen LogP contribution in [-0.2, 0) is 11.3 Å². The molecule has 5 nitrogen and oxygen atoms in total. The zero-order valence-corrected chi connectivity index (χ0v) is 14.0. The Hall–Kier alpha value is -2.47. The fraction of sp³-hybridized carbons (Fsp3) is 0.118. The van der Waals surface area contributed by atoms with Gasteiger partial charge in [-0.05, 0) is 30.3 Å². The number of hydrogen-bond donors (Lipinski definition) is 0. The van der Waals surface area contributed by atoms with Crippen LogP contribution in [0, 0.1) is 0 Å². The number of fused-ring (bicyclic) bond motifs is 1. The molecule has 0 fully saturated rings. The Morgan fingerprint density at radius 2 is 1.96 bits per heavy atom. The van der Waals surface area contributed by atoms with Crippen molar-refractivity contribution in [1.29, 1.82) is 0 Å². The molecular weight excluding hydrogens is 358 g/mol. The van der Waals surface area contributed by atoms with Gasteiger partial charge in [-0.1, -0.05) is 34.1 Å². The second-order valence-corrected chi connectivity index (χ2v) is 6.04. The van der Waals surface area contributed by atoms with Crippen molar-refractivity contribution in [2.75, 3.05) is 11.9 Å². The molecule has 0 aliphatic heterocycles. The summed E-state index contributed by atoms with van der Waals surface area (Å²) in [5.74, 6) is -0.186. The molecule has 0 radical (unpaired) electrons. The van der Waals surface area contributed by atoms with Gasteiger partial charge < -0.3 is 4.90 Å². The predicted octanol–water partition coefficient (Wildman–Crippen LogP) is 2.82. The number of carbonyl (C=O) groups excluding carboxylic acids is 1. The topological polar surface area (TPSA) is 55.2 Å². The number of benzene rings is 2. The molecule has 0 bridgehead atoms. The van der Waals surface area contributed by atoms with Gasteiger partial charge in [0.1, 0.15) is 6.54 Å². The summed E-state index contributed by atoms with van der Waals surface area (Å²) in [4.78, 5) is 30.7. The summed E-state index contributed by atoms with van der Waals surface area (Å²) in [6, 6.07) is 14.6. The lowest BCUT2D eigenvalue weighted by molar-refractivity contribution is -0.118. The molecule has 3 aromatic rings. The van der Waals surface area contributed by atoms with Gasteiger partial charge in [0, 0.05) is 17.2 Å². The number of para-hydroxylation sites is 1. The number of hydrogen-bond acceptors (Lipinski definition) is 3.